The van der Waals surface area contributed by atoms with Gasteiger partial charge in [-0.15, -0.1) is 0 Å². The van der Waals surface area contributed by atoms with Gasteiger partial charge in [0.2, 0.25) is 0 Å². The third-order valence-corrected chi connectivity index (χ3v) is 4.60. The first kappa shape index (κ1) is 11.3. The van der Waals surface area contributed by atoms with Gasteiger partial charge in [-0.2, -0.15) is 0 Å². The second kappa shape index (κ2) is 4.13. The Kier molecular flexibility index (Phi) is 2.74. The highest BCUT2D eigenvalue weighted by molar-refractivity contribution is 5.56. The number of benzene rings is 1. The maximum absolute atomic E-state index is 6.02. The molecule has 0 unspecified atom stereocenters. The van der Waals surface area contributed by atoms with E-state index in [1.165, 1.54) is 44.1 Å². The first-order chi connectivity index (χ1) is 8.24. The summed E-state index contributed by atoms with van der Waals surface area (Å²) in [5.41, 5.74) is 15.9. The summed E-state index contributed by atoms with van der Waals surface area (Å²) in [4.78, 5) is 0. The van der Waals surface area contributed by atoms with E-state index in [9.17, 15) is 0 Å². The van der Waals surface area contributed by atoms with E-state index in [0.29, 0.717) is 5.92 Å². The minimum absolute atomic E-state index is 0.681. The van der Waals surface area contributed by atoms with E-state index in [0.717, 1.165) is 6.54 Å². The lowest BCUT2D eigenvalue weighted by atomic mass is 9.84. The first-order valence-corrected chi connectivity index (χ1v) is 7.12. The monoisotopic (exact) mass is 229 g/mol. The Labute approximate surface area is 104 Å². The average Bonchev–Trinajstić information content (AvgIpc) is 2.92. The van der Waals surface area contributed by atoms with Gasteiger partial charge < -0.3 is 5.73 Å². The highest BCUT2D eigenvalue weighted by atomic mass is 14.5. The van der Waals surface area contributed by atoms with Gasteiger partial charge in [0.15, 0.2) is 0 Å². The van der Waals surface area contributed by atoms with Crippen LogP contribution in [0.2, 0.25) is 0 Å². The van der Waals surface area contributed by atoms with Crippen LogP contribution in [0.4, 0.5) is 0 Å². The fourth-order valence-electron chi connectivity index (χ4n) is 4.06. The minimum Gasteiger partial charge on any atom is -0.326 e. The number of fused-ring (bicyclic) bond motifs is 2. The quantitative estimate of drug-likeness (QED) is 0.827. The predicted molar refractivity (Wildman–Crippen MR) is 72.5 cm³/mol. The van der Waals surface area contributed by atoms with Crippen molar-refractivity contribution in [2.75, 3.05) is 0 Å². The highest BCUT2D eigenvalue weighted by Gasteiger charge is 2.28. The van der Waals surface area contributed by atoms with Gasteiger partial charge in [0, 0.05) is 6.54 Å². The van der Waals surface area contributed by atoms with Crippen LogP contribution in [0, 0.1) is 0 Å². The molecule has 92 valence electrons. The summed E-state index contributed by atoms with van der Waals surface area (Å²) in [5.74, 6) is 0.681. The molecule has 3 rings (SSSR count). The normalized spacial score (nSPS) is 17.6. The summed E-state index contributed by atoms with van der Waals surface area (Å²) in [6.45, 7) is 5.46. The van der Waals surface area contributed by atoms with Crippen LogP contribution < -0.4 is 5.73 Å². The Hall–Kier alpha value is -0.820. The molecule has 0 spiro atoms. The van der Waals surface area contributed by atoms with Crippen molar-refractivity contribution in [1.29, 1.82) is 0 Å². The third kappa shape index (κ3) is 1.55. The smallest absolute Gasteiger partial charge is 0.0183 e. The Bertz CT molecular complexity index is 422. The van der Waals surface area contributed by atoms with E-state index in [-0.39, 0.29) is 0 Å². The zero-order chi connectivity index (χ0) is 12.0. The molecule has 0 fully saturated rings. The van der Waals surface area contributed by atoms with E-state index in [1.807, 2.05) is 0 Å². The van der Waals surface area contributed by atoms with Crippen molar-refractivity contribution in [3.05, 3.63) is 33.4 Å². The lowest BCUT2D eigenvalue weighted by molar-refractivity contribution is 0.815. The Balaban J connectivity index is 2.30. The van der Waals surface area contributed by atoms with Gasteiger partial charge in [0.05, 0.1) is 0 Å². The number of rotatable bonds is 2. The van der Waals surface area contributed by atoms with Crippen molar-refractivity contribution in [1.82, 2.24) is 0 Å². The molecule has 0 aromatic heterocycles. The average molecular weight is 229 g/mol. The van der Waals surface area contributed by atoms with Gasteiger partial charge in [-0.3, -0.25) is 0 Å². The van der Waals surface area contributed by atoms with Gasteiger partial charge >= 0.3 is 0 Å². The van der Waals surface area contributed by atoms with E-state index in [2.05, 4.69) is 13.8 Å². The zero-order valence-corrected chi connectivity index (χ0v) is 11.1. The van der Waals surface area contributed by atoms with Crippen LogP contribution in [0.3, 0.4) is 0 Å². The highest BCUT2D eigenvalue weighted by Crippen LogP contribution is 2.41. The second-order valence-corrected chi connectivity index (χ2v) is 5.87. The summed E-state index contributed by atoms with van der Waals surface area (Å²) in [6, 6.07) is 0. The minimum atomic E-state index is 0.681. The molecule has 0 amide bonds. The number of hydrogen-bond acceptors (Lipinski definition) is 1. The summed E-state index contributed by atoms with van der Waals surface area (Å²) in [7, 11) is 0. The van der Waals surface area contributed by atoms with Crippen LogP contribution in [0.5, 0.6) is 0 Å². The fourth-order valence-corrected chi connectivity index (χ4v) is 4.06. The van der Waals surface area contributed by atoms with Gasteiger partial charge in [-0.05, 0) is 77.8 Å². The molecule has 0 saturated heterocycles. The molecule has 0 bridgehead atoms. The molecule has 2 aliphatic carbocycles. The molecule has 2 N–H and O–H groups in total. The van der Waals surface area contributed by atoms with Crippen LogP contribution >= 0.6 is 0 Å². The second-order valence-electron chi connectivity index (χ2n) is 5.87. The van der Waals surface area contributed by atoms with Gasteiger partial charge in [0.1, 0.15) is 0 Å². The van der Waals surface area contributed by atoms with Crippen LogP contribution in [-0.4, -0.2) is 0 Å². The molecule has 0 atom stereocenters. The maximum Gasteiger partial charge on any atom is 0.0183 e. The van der Waals surface area contributed by atoms with Crippen LogP contribution in [-0.2, 0) is 32.2 Å². The summed E-state index contributed by atoms with van der Waals surface area (Å²) < 4.78 is 0. The molecule has 2 aliphatic rings. The summed E-state index contributed by atoms with van der Waals surface area (Å²) in [5, 5.41) is 0. The molecule has 1 nitrogen and oxygen atoms in total. The van der Waals surface area contributed by atoms with E-state index >= 15 is 0 Å². The van der Waals surface area contributed by atoms with Crippen LogP contribution in [0.1, 0.15) is 66.0 Å². The molecule has 0 radical (unpaired) electrons. The largest absolute Gasteiger partial charge is 0.326 e. The van der Waals surface area contributed by atoms with Crippen molar-refractivity contribution in [3.63, 3.8) is 0 Å². The molecule has 1 aromatic carbocycles. The lowest BCUT2D eigenvalue weighted by Gasteiger charge is -2.21. The van der Waals surface area contributed by atoms with E-state index in [4.69, 9.17) is 5.73 Å². The van der Waals surface area contributed by atoms with Gasteiger partial charge in [-0.25, -0.2) is 0 Å². The maximum atomic E-state index is 6.02. The Morgan fingerprint density at radius 2 is 1.35 bits per heavy atom. The predicted octanol–water partition coefficient (Wildman–Crippen LogP) is 3.25. The zero-order valence-electron chi connectivity index (χ0n) is 11.1. The molecule has 0 saturated carbocycles. The fraction of sp³-hybridized carbons (Fsp3) is 0.625. The molecular formula is C16H23N. The number of nitrogens with two attached hydrogens (primary N) is 1. The van der Waals surface area contributed by atoms with Crippen molar-refractivity contribution < 1.29 is 0 Å². The molecule has 0 aliphatic heterocycles. The van der Waals surface area contributed by atoms with E-state index < -0.39 is 0 Å². The third-order valence-electron chi connectivity index (χ3n) is 4.60. The molecule has 1 heteroatoms. The number of hydrogen-bond donors (Lipinski definition) is 1. The van der Waals surface area contributed by atoms with Gasteiger partial charge in [-0.1, -0.05) is 13.8 Å². The van der Waals surface area contributed by atoms with E-state index in [1.54, 1.807) is 27.8 Å². The molecule has 0 heterocycles. The summed E-state index contributed by atoms with van der Waals surface area (Å²) >= 11 is 0. The topological polar surface area (TPSA) is 26.0 Å². The van der Waals surface area contributed by atoms with Crippen molar-refractivity contribution in [3.8, 4) is 0 Å². The standard InChI is InChI=1S/C16H23N/c1-10(2)16-13-7-3-5-11(13)15(9-17)12-6-4-8-14(12)16/h10H,3-9,17H2,1-2H3. The first-order valence-electron chi connectivity index (χ1n) is 7.12. The SMILES string of the molecule is CC(C)c1c2c(c(CN)c3c1CCC3)CCC2. The molecule has 1 aromatic rings. The van der Waals surface area contributed by atoms with Crippen molar-refractivity contribution in [2.24, 2.45) is 5.73 Å². The summed E-state index contributed by atoms with van der Waals surface area (Å²) in [6.07, 6.45) is 7.81. The molecular weight excluding hydrogens is 206 g/mol. The van der Waals surface area contributed by atoms with Gasteiger partial charge in [0.25, 0.3) is 0 Å². The lowest BCUT2D eigenvalue weighted by Crippen LogP contribution is -2.10. The van der Waals surface area contributed by atoms with Crippen LogP contribution in [0.25, 0.3) is 0 Å². The van der Waals surface area contributed by atoms with Crippen molar-refractivity contribution >= 4 is 0 Å². The Morgan fingerprint density at radius 1 is 0.882 bits per heavy atom. The molecule has 17 heavy (non-hydrogen) atoms. The Morgan fingerprint density at radius 3 is 1.76 bits per heavy atom. The van der Waals surface area contributed by atoms with Crippen LogP contribution in [0.15, 0.2) is 0 Å². The van der Waals surface area contributed by atoms with Crippen molar-refractivity contribution in [2.45, 2.75) is 64.8 Å².